The first-order valence-corrected chi connectivity index (χ1v) is 9.37. The molecule has 0 spiro atoms. The molecule has 0 saturated heterocycles. The van der Waals surface area contributed by atoms with Crippen LogP contribution in [0.3, 0.4) is 0 Å². The zero-order chi connectivity index (χ0) is 13.7. The van der Waals surface area contributed by atoms with Crippen LogP contribution >= 0.6 is 23.1 Å². The Morgan fingerprint density at radius 1 is 1.47 bits per heavy atom. The maximum absolute atomic E-state index is 4.90. The van der Waals surface area contributed by atoms with Crippen molar-refractivity contribution in [2.75, 3.05) is 37.0 Å². The van der Waals surface area contributed by atoms with E-state index in [0.29, 0.717) is 0 Å². The number of nitrogens with zero attached hydrogens (tertiary/aromatic N) is 2. The summed E-state index contributed by atoms with van der Waals surface area (Å²) in [5.41, 5.74) is 1.37. The number of thiazole rings is 1. The minimum atomic E-state index is 0.748. The summed E-state index contributed by atoms with van der Waals surface area (Å²) in [6.07, 6.45) is 6.01. The van der Waals surface area contributed by atoms with Crippen molar-refractivity contribution >= 4 is 28.2 Å². The van der Waals surface area contributed by atoms with Gasteiger partial charge in [-0.05, 0) is 32.1 Å². The topological polar surface area (TPSA) is 28.2 Å². The van der Waals surface area contributed by atoms with Gasteiger partial charge in [0.15, 0.2) is 5.13 Å². The van der Waals surface area contributed by atoms with Gasteiger partial charge in [0.05, 0.1) is 5.69 Å². The normalized spacial score (nSPS) is 14.9. The lowest BCUT2D eigenvalue weighted by Crippen LogP contribution is -2.19. The molecule has 108 valence electrons. The number of thioether (sulfide) groups is 1. The first kappa shape index (κ1) is 15.1. The van der Waals surface area contributed by atoms with Crippen molar-refractivity contribution in [1.29, 1.82) is 0 Å². The number of hydrogen-bond acceptors (Lipinski definition) is 5. The van der Waals surface area contributed by atoms with E-state index in [2.05, 4.69) is 30.4 Å². The molecule has 1 aliphatic carbocycles. The molecule has 3 nitrogen and oxygen atoms in total. The van der Waals surface area contributed by atoms with Gasteiger partial charge in [-0.2, -0.15) is 11.8 Å². The van der Waals surface area contributed by atoms with Gasteiger partial charge in [0.1, 0.15) is 0 Å². The highest BCUT2D eigenvalue weighted by Gasteiger charge is 2.29. The summed E-state index contributed by atoms with van der Waals surface area (Å²) in [5.74, 6) is 1.91. The molecule has 1 aromatic rings. The van der Waals surface area contributed by atoms with Crippen LogP contribution in [0, 0.1) is 0 Å². The SMILES string of the molecule is CCCNCc1sc(N(C)CCSC)nc1C1CC1. The number of aromatic nitrogens is 1. The van der Waals surface area contributed by atoms with E-state index in [9.17, 15) is 0 Å². The van der Waals surface area contributed by atoms with Crippen molar-refractivity contribution < 1.29 is 0 Å². The molecule has 0 aliphatic heterocycles. The van der Waals surface area contributed by atoms with Gasteiger partial charge in [0, 0.05) is 36.7 Å². The summed E-state index contributed by atoms with van der Waals surface area (Å²) in [5, 5.41) is 4.72. The Bertz CT molecular complexity index is 388. The first-order valence-electron chi connectivity index (χ1n) is 7.16. The molecule has 1 aliphatic rings. The second kappa shape index (κ2) is 7.50. The molecule has 1 aromatic heterocycles. The van der Waals surface area contributed by atoms with Crippen molar-refractivity contribution in [1.82, 2.24) is 10.3 Å². The van der Waals surface area contributed by atoms with E-state index in [-0.39, 0.29) is 0 Å². The minimum absolute atomic E-state index is 0.748. The Hall–Kier alpha value is -0.260. The van der Waals surface area contributed by atoms with E-state index in [4.69, 9.17) is 4.98 Å². The zero-order valence-electron chi connectivity index (χ0n) is 12.2. The van der Waals surface area contributed by atoms with Crippen LogP contribution in [0.5, 0.6) is 0 Å². The van der Waals surface area contributed by atoms with Gasteiger partial charge in [0.2, 0.25) is 0 Å². The first-order chi connectivity index (χ1) is 9.26. The molecule has 5 heteroatoms. The van der Waals surface area contributed by atoms with Crippen LogP contribution in [0.25, 0.3) is 0 Å². The molecule has 0 unspecified atom stereocenters. The molecule has 0 radical (unpaired) electrons. The maximum atomic E-state index is 4.90. The van der Waals surface area contributed by atoms with E-state index in [0.717, 1.165) is 31.3 Å². The molecule has 0 bridgehead atoms. The summed E-state index contributed by atoms with van der Waals surface area (Å²) in [6, 6.07) is 0. The van der Waals surface area contributed by atoms with Crippen molar-refractivity contribution in [3.63, 3.8) is 0 Å². The Kier molecular flexibility index (Phi) is 5.98. The number of anilines is 1. The Labute approximate surface area is 125 Å². The standard InChI is InChI=1S/C14H25N3S2/c1-4-7-15-10-12-13(11-5-6-11)16-14(19-12)17(2)8-9-18-3/h11,15H,4-10H2,1-3H3. The smallest absolute Gasteiger partial charge is 0.185 e. The molecular formula is C14H25N3S2. The van der Waals surface area contributed by atoms with Crippen LogP contribution in [0.1, 0.15) is 42.7 Å². The highest BCUT2D eigenvalue weighted by molar-refractivity contribution is 7.98. The van der Waals surface area contributed by atoms with E-state index >= 15 is 0 Å². The van der Waals surface area contributed by atoms with Gasteiger partial charge in [-0.15, -0.1) is 11.3 Å². The van der Waals surface area contributed by atoms with Crippen LogP contribution in [0.2, 0.25) is 0 Å². The van der Waals surface area contributed by atoms with Crippen molar-refractivity contribution in [2.24, 2.45) is 0 Å². The number of rotatable bonds is 9. The molecule has 19 heavy (non-hydrogen) atoms. The lowest BCUT2D eigenvalue weighted by atomic mass is 10.2. The third-order valence-electron chi connectivity index (χ3n) is 3.35. The fourth-order valence-corrected chi connectivity index (χ4v) is 3.58. The number of hydrogen-bond donors (Lipinski definition) is 1. The lowest BCUT2D eigenvalue weighted by molar-refractivity contribution is 0.676. The summed E-state index contributed by atoms with van der Waals surface area (Å²) >= 11 is 3.77. The van der Waals surface area contributed by atoms with Crippen LogP contribution in [-0.2, 0) is 6.54 Å². The van der Waals surface area contributed by atoms with Crippen molar-refractivity contribution in [3.05, 3.63) is 10.6 Å². The maximum Gasteiger partial charge on any atom is 0.185 e. The van der Waals surface area contributed by atoms with Gasteiger partial charge in [0.25, 0.3) is 0 Å². The summed E-state index contributed by atoms with van der Waals surface area (Å²) in [6.45, 7) is 5.39. The van der Waals surface area contributed by atoms with Crippen LogP contribution in [-0.4, -0.2) is 37.1 Å². The molecule has 0 amide bonds. The van der Waals surface area contributed by atoms with Gasteiger partial charge >= 0.3 is 0 Å². The average Bonchev–Trinajstić information content (AvgIpc) is 3.17. The Balaban J connectivity index is 2.01. The predicted octanol–water partition coefficient (Wildman–Crippen LogP) is 3.32. The summed E-state index contributed by atoms with van der Waals surface area (Å²) in [4.78, 5) is 8.66. The van der Waals surface area contributed by atoms with E-state index in [1.807, 2.05) is 23.1 Å². The largest absolute Gasteiger partial charge is 0.350 e. The number of nitrogens with one attached hydrogen (secondary N) is 1. The van der Waals surface area contributed by atoms with E-state index < -0.39 is 0 Å². The molecular weight excluding hydrogens is 274 g/mol. The highest BCUT2D eigenvalue weighted by Crippen LogP contribution is 2.44. The quantitative estimate of drug-likeness (QED) is 0.708. The highest BCUT2D eigenvalue weighted by atomic mass is 32.2. The molecule has 1 N–H and O–H groups in total. The second-order valence-corrected chi connectivity index (χ2v) is 7.22. The molecule has 1 saturated carbocycles. The van der Waals surface area contributed by atoms with Gasteiger partial charge in [-0.1, -0.05) is 6.92 Å². The lowest BCUT2D eigenvalue weighted by Gasteiger charge is -2.14. The van der Waals surface area contributed by atoms with E-state index in [1.165, 1.54) is 35.0 Å². The molecule has 2 rings (SSSR count). The predicted molar refractivity (Wildman–Crippen MR) is 87.7 cm³/mol. The van der Waals surface area contributed by atoms with Gasteiger partial charge in [-0.25, -0.2) is 4.98 Å². The Morgan fingerprint density at radius 2 is 2.26 bits per heavy atom. The van der Waals surface area contributed by atoms with Gasteiger partial charge in [-0.3, -0.25) is 0 Å². The third-order valence-corrected chi connectivity index (χ3v) is 5.13. The fourth-order valence-electron chi connectivity index (χ4n) is 2.02. The monoisotopic (exact) mass is 299 g/mol. The van der Waals surface area contributed by atoms with Crippen LogP contribution < -0.4 is 10.2 Å². The molecule has 0 atom stereocenters. The van der Waals surface area contributed by atoms with Crippen LogP contribution in [0.15, 0.2) is 0 Å². The molecule has 0 aromatic carbocycles. The Morgan fingerprint density at radius 3 is 2.89 bits per heavy atom. The van der Waals surface area contributed by atoms with Crippen LogP contribution in [0.4, 0.5) is 5.13 Å². The minimum Gasteiger partial charge on any atom is -0.350 e. The molecule has 1 fully saturated rings. The third kappa shape index (κ3) is 4.36. The summed E-state index contributed by atoms with van der Waals surface area (Å²) in [7, 11) is 2.16. The summed E-state index contributed by atoms with van der Waals surface area (Å²) < 4.78 is 0. The van der Waals surface area contributed by atoms with E-state index in [1.54, 1.807) is 0 Å². The van der Waals surface area contributed by atoms with Crippen molar-refractivity contribution in [2.45, 2.75) is 38.6 Å². The molecule has 1 heterocycles. The van der Waals surface area contributed by atoms with Crippen molar-refractivity contribution in [3.8, 4) is 0 Å². The second-order valence-electron chi connectivity index (χ2n) is 5.17. The average molecular weight is 300 g/mol. The van der Waals surface area contributed by atoms with Gasteiger partial charge < -0.3 is 10.2 Å². The fraction of sp³-hybridized carbons (Fsp3) is 0.786. The zero-order valence-corrected chi connectivity index (χ0v) is 13.9.